The molecule has 0 unspecified atom stereocenters. The molecule has 0 aliphatic heterocycles. The van der Waals surface area contributed by atoms with E-state index in [9.17, 15) is 9.59 Å². The number of hydrazone groups is 1. The number of ether oxygens (including phenoxy) is 3. The van der Waals surface area contributed by atoms with E-state index in [1.54, 1.807) is 72.8 Å². The van der Waals surface area contributed by atoms with Gasteiger partial charge in [-0.1, -0.05) is 23.7 Å². The van der Waals surface area contributed by atoms with Gasteiger partial charge < -0.3 is 14.2 Å². The predicted molar refractivity (Wildman–Crippen MR) is 117 cm³/mol. The van der Waals surface area contributed by atoms with E-state index in [4.69, 9.17) is 25.8 Å². The number of esters is 1. The fourth-order valence-electron chi connectivity index (χ4n) is 2.47. The predicted octanol–water partition coefficient (Wildman–Crippen LogP) is 4.10. The molecule has 3 aromatic rings. The zero-order chi connectivity index (χ0) is 22.1. The molecule has 1 N–H and O–H groups in total. The lowest BCUT2D eigenvalue weighted by Gasteiger charge is -2.09. The molecule has 0 spiro atoms. The van der Waals surface area contributed by atoms with Crippen molar-refractivity contribution in [3.8, 4) is 17.2 Å². The minimum atomic E-state index is -0.486. The van der Waals surface area contributed by atoms with Crippen LogP contribution in [0.2, 0.25) is 5.02 Å². The Bertz CT molecular complexity index is 1070. The van der Waals surface area contributed by atoms with Crippen LogP contribution in [0.15, 0.2) is 77.9 Å². The number of halogens is 1. The van der Waals surface area contributed by atoms with E-state index < -0.39 is 11.9 Å². The van der Waals surface area contributed by atoms with Crippen molar-refractivity contribution in [2.24, 2.45) is 5.10 Å². The summed E-state index contributed by atoms with van der Waals surface area (Å²) in [6.07, 6.45) is 1.46. The first-order valence-corrected chi connectivity index (χ1v) is 9.58. The van der Waals surface area contributed by atoms with Gasteiger partial charge >= 0.3 is 5.97 Å². The monoisotopic (exact) mass is 438 g/mol. The third-order valence-electron chi connectivity index (χ3n) is 4.00. The number of nitrogens with one attached hydrogen (secondary N) is 1. The summed E-state index contributed by atoms with van der Waals surface area (Å²) in [5.74, 6) is 0.478. The fraction of sp³-hybridized carbons (Fsp3) is 0.0870. The van der Waals surface area contributed by atoms with Crippen LogP contribution >= 0.6 is 11.6 Å². The second-order valence-electron chi connectivity index (χ2n) is 6.20. The first-order valence-electron chi connectivity index (χ1n) is 9.20. The molecule has 31 heavy (non-hydrogen) atoms. The Labute approximate surface area is 184 Å². The maximum atomic E-state index is 12.1. The van der Waals surface area contributed by atoms with E-state index in [0.717, 1.165) is 0 Å². The molecule has 158 valence electrons. The van der Waals surface area contributed by atoms with Gasteiger partial charge in [0, 0.05) is 5.02 Å². The van der Waals surface area contributed by atoms with Gasteiger partial charge in [-0.2, -0.15) is 5.10 Å². The van der Waals surface area contributed by atoms with Crippen molar-refractivity contribution in [2.75, 3.05) is 13.7 Å². The van der Waals surface area contributed by atoms with Crippen molar-refractivity contribution < 1.29 is 23.8 Å². The number of nitrogens with zero attached hydrogens (tertiary/aromatic N) is 1. The Morgan fingerprint density at radius 3 is 2.32 bits per heavy atom. The third-order valence-corrected chi connectivity index (χ3v) is 4.25. The van der Waals surface area contributed by atoms with Crippen molar-refractivity contribution in [3.63, 3.8) is 0 Å². The molecular weight excluding hydrogens is 420 g/mol. The maximum Gasteiger partial charge on any atom is 0.343 e. The number of benzene rings is 3. The molecule has 8 heteroatoms. The molecule has 0 saturated heterocycles. The number of carbonyl (C=O) groups is 2. The number of rotatable bonds is 8. The molecule has 0 aromatic heterocycles. The van der Waals surface area contributed by atoms with Crippen molar-refractivity contribution >= 4 is 29.7 Å². The van der Waals surface area contributed by atoms with Crippen LogP contribution in [0.3, 0.4) is 0 Å². The van der Waals surface area contributed by atoms with E-state index in [-0.39, 0.29) is 6.61 Å². The molecule has 3 rings (SSSR count). The molecule has 0 saturated carbocycles. The van der Waals surface area contributed by atoms with Gasteiger partial charge in [0.1, 0.15) is 5.75 Å². The van der Waals surface area contributed by atoms with Crippen LogP contribution in [0.1, 0.15) is 15.9 Å². The third kappa shape index (κ3) is 6.58. The SMILES string of the molecule is COc1ccccc1OCC(=O)N/N=C/c1ccc(OC(=O)c2ccc(Cl)cc2)cc1. The van der Waals surface area contributed by atoms with Crippen LogP contribution in [0.5, 0.6) is 17.2 Å². The van der Waals surface area contributed by atoms with Gasteiger partial charge in [0.05, 0.1) is 18.9 Å². The van der Waals surface area contributed by atoms with Crippen molar-refractivity contribution in [2.45, 2.75) is 0 Å². The molecule has 3 aromatic carbocycles. The van der Waals surface area contributed by atoms with Crippen molar-refractivity contribution in [1.82, 2.24) is 5.43 Å². The zero-order valence-electron chi connectivity index (χ0n) is 16.6. The zero-order valence-corrected chi connectivity index (χ0v) is 17.3. The summed E-state index contributed by atoms with van der Waals surface area (Å²) in [5, 5.41) is 4.43. The Kier molecular flexibility index (Phi) is 7.61. The number of hydrogen-bond donors (Lipinski definition) is 1. The highest BCUT2D eigenvalue weighted by Gasteiger charge is 2.08. The van der Waals surface area contributed by atoms with E-state index in [1.165, 1.54) is 13.3 Å². The summed E-state index contributed by atoms with van der Waals surface area (Å²) < 4.78 is 15.9. The highest BCUT2D eigenvalue weighted by Crippen LogP contribution is 2.25. The van der Waals surface area contributed by atoms with Gasteiger partial charge in [-0.05, 0) is 66.2 Å². The second-order valence-corrected chi connectivity index (χ2v) is 6.63. The lowest BCUT2D eigenvalue weighted by atomic mass is 10.2. The first-order chi connectivity index (χ1) is 15.0. The molecule has 0 atom stereocenters. The summed E-state index contributed by atoms with van der Waals surface area (Å²) in [4.78, 5) is 24.0. The van der Waals surface area contributed by atoms with E-state index in [1.807, 2.05) is 0 Å². The standard InChI is InChI=1S/C23H19ClN2O5/c1-29-20-4-2-3-5-21(20)30-15-22(27)26-25-14-16-6-12-19(13-7-16)31-23(28)17-8-10-18(24)11-9-17/h2-14H,15H2,1H3,(H,26,27)/b25-14+. The molecule has 0 aliphatic rings. The summed E-state index contributed by atoms with van der Waals surface area (Å²) in [7, 11) is 1.52. The van der Waals surface area contributed by atoms with Gasteiger partial charge in [-0.25, -0.2) is 10.2 Å². The summed E-state index contributed by atoms with van der Waals surface area (Å²) in [6, 6.07) is 20.1. The van der Waals surface area contributed by atoms with Crippen LogP contribution in [-0.4, -0.2) is 31.8 Å². The highest BCUT2D eigenvalue weighted by atomic mass is 35.5. The topological polar surface area (TPSA) is 86.2 Å². The summed E-state index contributed by atoms with van der Waals surface area (Å²) in [5.41, 5.74) is 3.48. The summed E-state index contributed by atoms with van der Waals surface area (Å²) >= 11 is 5.81. The number of hydrogen-bond acceptors (Lipinski definition) is 6. The van der Waals surface area contributed by atoms with Gasteiger partial charge in [0.2, 0.25) is 0 Å². The Hall–Kier alpha value is -3.84. The van der Waals surface area contributed by atoms with E-state index >= 15 is 0 Å². The molecular formula is C23H19ClN2O5. The van der Waals surface area contributed by atoms with Crippen LogP contribution in [0, 0.1) is 0 Å². The lowest BCUT2D eigenvalue weighted by molar-refractivity contribution is -0.123. The largest absolute Gasteiger partial charge is 0.493 e. The molecule has 0 bridgehead atoms. The molecule has 0 heterocycles. The van der Waals surface area contributed by atoms with Crippen molar-refractivity contribution in [3.05, 3.63) is 88.9 Å². The Morgan fingerprint density at radius 1 is 0.968 bits per heavy atom. The smallest absolute Gasteiger partial charge is 0.343 e. The summed E-state index contributed by atoms with van der Waals surface area (Å²) in [6.45, 7) is -0.211. The number of para-hydroxylation sites is 2. The normalized spacial score (nSPS) is 10.5. The maximum absolute atomic E-state index is 12.1. The molecule has 0 radical (unpaired) electrons. The average Bonchev–Trinajstić information content (AvgIpc) is 2.79. The van der Waals surface area contributed by atoms with Crippen LogP contribution in [0.25, 0.3) is 0 Å². The quantitative estimate of drug-likeness (QED) is 0.248. The molecule has 0 fully saturated rings. The number of amides is 1. The number of carbonyl (C=O) groups excluding carboxylic acids is 2. The fourth-order valence-corrected chi connectivity index (χ4v) is 2.59. The van der Waals surface area contributed by atoms with E-state index in [0.29, 0.717) is 33.4 Å². The molecule has 0 aliphatic carbocycles. The van der Waals surface area contributed by atoms with Crippen LogP contribution in [-0.2, 0) is 4.79 Å². The van der Waals surface area contributed by atoms with Gasteiger partial charge in [-0.15, -0.1) is 0 Å². The average molecular weight is 439 g/mol. The second kappa shape index (κ2) is 10.8. The minimum absolute atomic E-state index is 0.211. The molecule has 1 amide bonds. The lowest BCUT2D eigenvalue weighted by Crippen LogP contribution is -2.24. The highest BCUT2D eigenvalue weighted by molar-refractivity contribution is 6.30. The Balaban J connectivity index is 1.47. The van der Waals surface area contributed by atoms with Crippen LogP contribution < -0.4 is 19.6 Å². The Morgan fingerprint density at radius 2 is 1.65 bits per heavy atom. The van der Waals surface area contributed by atoms with Crippen molar-refractivity contribution in [1.29, 1.82) is 0 Å². The first kappa shape index (κ1) is 21.9. The van der Waals surface area contributed by atoms with Gasteiger partial charge in [0.25, 0.3) is 5.91 Å². The minimum Gasteiger partial charge on any atom is -0.493 e. The molecule has 7 nitrogen and oxygen atoms in total. The van der Waals surface area contributed by atoms with Gasteiger partial charge in [-0.3, -0.25) is 4.79 Å². The number of methoxy groups -OCH3 is 1. The van der Waals surface area contributed by atoms with Crippen LogP contribution in [0.4, 0.5) is 0 Å². The van der Waals surface area contributed by atoms with Gasteiger partial charge in [0.15, 0.2) is 18.1 Å². The van der Waals surface area contributed by atoms with E-state index in [2.05, 4.69) is 10.5 Å².